The Morgan fingerprint density at radius 2 is 0.790 bits per heavy atom. The Balaban J connectivity index is 0.000000164. The zero-order valence-electron chi connectivity index (χ0n) is 60.4. The number of nitrogens with two attached hydrogens (primary N) is 3. The molecule has 25 nitrogen and oxygen atoms in total. The third-order valence-corrected chi connectivity index (χ3v) is 23.2. The van der Waals surface area contributed by atoms with Crippen molar-refractivity contribution in [3.05, 3.63) is 145 Å². The number of amidine groups is 2. The van der Waals surface area contributed by atoms with Gasteiger partial charge in [-0.2, -0.15) is 0 Å². The molecule has 0 bridgehead atoms. The molecule has 8 aliphatic heterocycles. The number of carbonyl (C=O) groups is 2. The van der Waals surface area contributed by atoms with E-state index in [1.54, 1.807) is 67.4 Å². The molecular weight excluding hydrogens is 1450 g/mol. The SMILES string of the molecule is COC[C@H]1C[C@H]2CSC(CC(=O)OC(C)(C)C)=N[C@@]2(c2cc(N)ccc2F)CO1.COC[C@H]1C[C@H]2CSC(CC(=O)OC(C)(C)C)=N[C@@]2(c2cc([N+](=O)[O-])ccc2F)CO1.COC[C@H]1C[C@H]2CSC(N)=N[C@@]2(c2cc([N+](=O)[O-])ccc2F)CO1.COC[C@H]1C[C@H]2CSC(N)=N[C@@]2(c2ccccc2F)CO1. The van der Waals surface area contributed by atoms with Crippen LogP contribution in [-0.2, 0) is 79.1 Å². The number of fused-ring (bicyclic) bond motifs is 4. The molecule has 4 aromatic carbocycles. The van der Waals surface area contributed by atoms with Gasteiger partial charge in [-0.15, -0.1) is 23.5 Å². The van der Waals surface area contributed by atoms with Crippen molar-refractivity contribution >= 4 is 96.5 Å². The Morgan fingerprint density at radius 1 is 0.476 bits per heavy atom. The van der Waals surface area contributed by atoms with Crippen LogP contribution in [0.4, 0.5) is 34.6 Å². The molecular formula is C72H93F4N9O16S4. The summed E-state index contributed by atoms with van der Waals surface area (Å²) in [6.07, 6.45) is 2.38. The molecule has 4 fully saturated rings. The summed E-state index contributed by atoms with van der Waals surface area (Å²) >= 11 is 5.90. The van der Waals surface area contributed by atoms with Crippen molar-refractivity contribution in [2.75, 3.05) is 110 Å². The predicted molar refractivity (Wildman–Crippen MR) is 398 cm³/mol. The van der Waals surface area contributed by atoms with Gasteiger partial charge in [0.2, 0.25) is 0 Å². The van der Waals surface area contributed by atoms with Crippen LogP contribution in [0.15, 0.2) is 98.8 Å². The van der Waals surface area contributed by atoms with Gasteiger partial charge in [-0.05, 0) is 104 Å². The third-order valence-electron chi connectivity index (χ3n) is 19.0. The number of thioether (sulfide) groups is 4. The van der Waals surface area contributed by atoms with Gasteiger partial charge < -0.3 is 64.6 Å². The second-order valence-corrected chi connectivity index (χ2v) is 33.0. The third kappa shape index (κ3) is 20.3. The summed E-state index contributed by atoms with van der Waals surface area (Å²) < 4.78 is 114. The number of hydrogen-bond acceptors (Lipinski definition) is 27. The van der Waals surface area contributed by atoms with Crippen molar-refractivity contribution in [1.82, 2.24) is 0 Å². The van der Waals surface area contributed by atoms with Crippen LogP contribution < -0.4 is 17.2 Å². The van der Waals surface area contributed by atoms with E-state index in [9.17, 15) is 47.4 Å². The van der Waals surface area contributed by atoms with E-state index < -0.39 is 60.8 Å². The molecule has 0 spiro atoms. The number of non-ortho nitro benzene ring substituents is 2. The van der Waals surface area contributed by atoms with E-state index in [0.29, 0.717) is 107 Å². The number of methoxy groups -OCH3 is 4. The second-order valence-electron chi connectivity index (χ2n) is 28.7. The number of nitro groups is 2. The first-order valence-corrected chi connectivity index (χ1v) is 38.2. The van der Waals surface area contributed by atoms with E-state index in [1.165, 1.54) is 77.4 Å². The molecule has 574 valence electrons. The van der Waals surface area contributed by atoms with Crippen LogP contribution in [0.25, 0.3) is 0 Å². The van der Waals surface area contributed by atoms with Gasteiger partial charge in [0, 0.05) is 127 Å². The fourth-order valence-electron chi connectivity index (χ4n) is 14.3. The van der Waals surface area contributed by atoms with Crippen molar-refractivity contribution in [3.8, 4) is 0 Å². The molecule has 0 unspecified atom stereocenters. The smallest absolute Gasteiger partial charge is 0.312 e. The molecule has 12 atom stereocenters. The van der Waals surface area contributed by atoms with Gasteiger partial charge in [0.25, 0.3) is 11.4 Å². The molecule has 8 aliphatic rings. The van der Waals surface area contributed by atoms with E-state index >= 15 is 0 Å². The number of nitrogen functional groups attached to an aromatic ring is 1. The molecule has 4 saturated heterocycles. The molecule has 0 aromatic heterocycles. The fraction of sp³-hybridized carbons (Fsp3) is 0.583. The molecule has 33 heteroatoms. The number of carbonyl (C=O) groups excluding carboxylic acids is 2. The van der Waals surface area contributed by atoms with Crippen LogP contribution >= 0.6 is 47.0 Å². The Labute approximate surface area is 625 Å². The number of hydrogen-bond donors (Lipinski definition) is 3. The Kier molecular flexibility index (Phi) is 28.1. The van der Waals surface area contributed by atoms with Crippen molar-refractivity contribution in [1.29, 1.82) is 0 Å². The first-order chi connectivity index (χ1) is 49.8. The topological polar surface area (TPSA) is 340 Å². The van der Waals surface area contributed by atoms with E-state index in [4.69, 9.17) is 74.6 Å². The van der Waals surface area contributed by atoms with Crippen LogP contribution in [0.1, 0.15) is 102 Å². The average Bonchev–Trinajstić information content (AvgIpc) is 0.764. The highest BCUT2D eigenvalue weighted by molar-refractivity contribution is 8.14. The summed E-state index contributed by atoms with van der Waals surface area (Å²) in [4.78, 5) is 64.7. The summed E-state index contributed by atoms with van der Waals surface area (Å²) in [5.41, 5.74) is 14.1. The van der Waals surface area contributed by atoms with Crippen molar-refractivity contribution < 1.29 is 84.4 Å². The number of esters is 2. The molecule has 6 N–H and O–H groups in total. The summed E-state index contributed by atoms with van der Waals surface area (Å²) in [5.74, 6) is 0.303. The largest absolute Gasteiger partial charge is 0.460 e. The number of halogens is 4. The Morgan fingerprint density at radius 3 is 1.13 bits per heavy atom. The lowest BCUT2D eigenvalue weighted by Gasteiger charge is -2.46. The zero-order chi connectivity index (χ0) is 76.2. The molecule has 0 radical (unpaired) electrons. The van der Waals surface area contributed by atoms with Crippen LogP contribution in [0.2, 0.25) is 0 Å². The highest BCUT2D eigenvalue weighted by Crippen LogP contribution is 2.52. The number of ether oxygens (including phenoxy) is 10. The summed E-state index contributed by atoms with van der Waals surface area (Å²) in [6.45, 7) is 13.4. The highest BCUT2D eigenvalue weighted by Gasteiger charge is 2.54. The van der Waals surface area contributed by atoms with E-state index in [0.717, 1.165) is 36.4 Å². The quantitative estimate of drug-likeness (QED) is 0.0274. The number of rotatable bonds is 18. The molecule has 0 saturated carbocycles. The van der Waals surface area contributed by atoms with E-state index in [2.05, 4.69) is 9.98 Å². The van der Waals surface area contributed by atoms with Gasteiger partial charge in [0.05, 0.1) is 110 Å². The minimum Gasteiger partial charge on any atom is -0.460 e. The fourth-order valence-corrected chi connectivity index (χ4v) is 18.8. The van der Waals surface area contributed by atoms with Gasteiger partial charge in [0.15, 0.2) is 10.3 Å². The van der Waals surface area contributed by atoms with Crippen molar-refractivity contribution in [2.24, 2.45) is 55.1 Å². The number of nitrogens with zero attached hydrogens (tertiary/aromatic N) is 6. The summed E-state index contributed by atoms with van der Waals surface area (Å²) in [7, 11) is 6.47. The lowest BCUT2D eigenvalue weighted by atomic mass is 9.75. The lowest BCUT2D eigenvalue weighted by molar-refractivity contribution is -0.385. The number of nitro benzene ring substituents is 2. The van der Waals surface area contributed by atoms with E-state index in [1.807, 2.05) is 26.8 Å². The van der Waals surface area contributed by atoms with Gasteiger partial charge in [-0.25, -0.2) is 27.5 Å². The monoisotopic (exact) mass is 1540 g/mol. The minimum absolute atomic E-state index is 0.0371. The van der Waals surface area contributed by atoms with Gasteiger partial charge in [-0.3, -0.25) is 39.8 Å². The minimum atomic E-state index is -1.15. The van der Waals surface area contributed by atoms with Crippen LogP contribution in [-0.4, -0.2) is 182 Å². The van der Waals surface area contributed by atoms with Gasteiger partial charge in [-0.1, -0.05) is 41.7 Å². The predicted octanol–water partition coefficient (Wildman–Crippen LogP) is 11.6. The molecule has 12 rings (SSSR count). The highest BCUT2D eigenvalue weighted by atomic mass is 32.2. The molecule has 105 heavy (non-hydrogen) atoms. The van der Waals surface area contributed by atoms with Crippen molar-refractivity contribution in [3.63, 3.8) is 0 Å². The average molecular weight is 1540 g/mol. The zero-order valence-corrected chi connectivity index (χ0v) is 63.7. The molecule has 0 amide bonds. The van der Waals surface area contributed by atoms with Crippen molar-refractivity contribution in [2.45, 2.75) is 138 Å². The molecule has 0 aliphatic carbocycles. The molecule has 4 aromatic rings. The lowest BCUT2D eigenvalue weighted by Crippen LogP contribution is -2.51. The standard InChI is InChI=1S/C21H27FN2O6S.C21H29FN2O4S.C15H18FN3O4S.C15H19FN2O2S/c1-20(2,3)30-19(25)9-18-23-21(16-8-14(24(26)27)5-6-17(16)22)12-29-15(10-28-4)7-13(21)11-31-18;1-20(2,3)28-19(25)9-18-24-21(16-8-14(23)5-6-17(16)22)12-27-15(10-26-4)7-13(21)11-29-18;1-22-6-11-4-9-7-24-14(17)18-15(9,8-23-11)12-5-10(19(20)21)2-3-13(12)16;1-19-7-11-6-10-8-21-14(17)18-15(10,9-20-11)12-4-2-3-5-13(12)16/h5-6,8,13,15H,7,9-12H2,1-4H3;5-6,8,13,15H,7,9-12,23H2,1-4H3;2-3,5,9,11H,4,6-8H2,1H3,(H2,17,18);2-5,10-11H,6-9H2,1H3,(H2,17,18)/t2*13-,15+,21-;9-,11+,15-;10-,11+,15-/m0000/s1. The Bertz CT molecular complexity index is 3890. The first-order valence-electron chi connectivity index (χ1n) is 34.2. The maximum atomic E-state index is 15.0. The van der Waals surface area contributed by atoms with Crippen LogP contribution in [0.3, 0.4) is 0 Å². The number of anilines is 1. The maximum Gasteiger partial charge on any atom is 0.312 e. The number of aliphatic imine (C=N–C) groups is 4. The summed E-state index contributed by atoms with van der Waals surface area (Å²) in [6, 6.07) is 18.2. The summed E-state index contributed by atoms with van der Waals surface area (Å²) in [5, 5.41) is 24.4. The second kappa shape index (κ2) is 35.7. The normalized spacial score (nSPS) is 28.4. The molecule has 8 heterocycles. The van der Waals surface area contributed by atoms with Crippen LogP contribution in [0.5, 0.6) is 0 Å². The van der Waals surface area contributed by atoms with Gasteiger partial charge >= 0.3 is 11.9 Å². The van der Waals surface area contributed by atoms with E-state index in [-0.39, 0.29) is 121 Å². The number of benzene rings is 4. The van der Waals surface area contributed by atoms with Gasteiger partial charge in [0.1, 0.15) is 56.6 Å². The first kappa shape index (κ1) is 82.6. The maximum absolute atomic E-state index is 15.0. The Hall–Kier alpha value is -6.50. The van der Waals surface area contributed by atoms with Crippen LogP contribution in [0, 0.1) is 67.2 Å².